The van der Waals surface area contributed by atoms with Crippen LogP contribution in [0.3, 0.4) is 0 Å². The van der Waals surface area contributed by atoms with Crippen molar-refractivity contribution < 1.29 is 24.2 Å². The number of nitrogens with zero attached hydrogens (tertiary/aromatic N) is 2. The van der Waals surface area contributed by atoms with Crippen LogP contribution >= 0.6 is 0 Å². The van der Waals surface area contributed by atoms with E-state index in [1.54, 1.807) is 24.0 Å². The van der Waals surface area contributed by atoms with Crippen LogP contribution in [0.4, 0.5) is 10.1 Å². The lowest BCUT2D eigenvalue weighted by Crippen LogP contribution is -2.64. The summed E-state index contributed by atoms with van der Waals surface area (Å²) in [5.74, 6) is -2.22. The Morgan fingerprint density at radius 2 is 2.04 bits per heavy atom. The Kier molecular flexibility index (Phi) is 6.80. The van der Waals surface area contributed by atoms with Crippen molar-refractivity contribution in [2.24, 2.45) is 11.7 Å². The summed E-state index contributed by atoms with van der Waals surface area (Å²) < 4.78 is 13.9. The first-order chi connectivity index (χ1) is 12.9. The molecule has 1 heterocycles. The van der Waals surface area contributed by atoms with Crippen LogP contribution in [0.1, 0.15) is 32.8 Å². The van der Waals surface area contributed by atoms with Gasteiger partial charge >= 0.3 is 5.97 Å². The number of aliphatic carboxylic acids is 1. The molecule has 0 aromatic heterocycles. The van der Waals surface area contributed by atoms with Crippen molar-refractivity contribution in [2.45, 2.75) is 51.8 Å². The number of carboxylic acids is 1. The van der Waals surface area contributed by atoms with Gasteiger partial charge in [0, 0.05) is 35.9 Å². The van der Waals surface area contributed by atoms with Crippen LogP contribution in [-0.2, 0) is 9.59 Å². The van der Waals surface area contributed by atoms with E-state index >= 15 is 0 Å². The van der Waals surface area contributed by atoms with E-state index < -0.39 is 29.6 Å². The Morgan fingerprint density at radius 3 is 2.64 bits per heavy atom. The average Bonchev–Trinajstić information content (AvgIpc) is 2.60. The number of piperazine rings is 1. The van der Waals surface area contributed by atoms with Gasteiger partial charge in [-0.05, 0) is 39.3 Å². The fourth-order valence-electron chi connectivity index (χ4n) is 3.47. The van der Waals surface area contributed by atoms with E-state index in [-0.39, 0.29) is 31.2 Å². The minimum atomic E-state index is -0.986. The predicted octanol–water partition coefficient (Wildman–Crippen LogP) is 1.36. The zero-order valence-corrected chi connectivity index (χ0v) is 16.9. The van der Waals surface area contributed by atoms with E-state index in [0.717, 1.165) is 0 Å². The maximum absolute atomic E-state index is 13.9. The summed E-state index contributed by atoms with van der Waals surface area (Å²) in [6.07, 6.45) is -0.937. The molecule has 1 fully saturated rings. The fourth-order valence-corrected chi connectivity index (χ4v) is 3.47. The van der Waals surface area contributed by atoms with Crippen LogP contribution < -0.4 is 10.6 Å². The third-order valence-electron chi connectivity index (χ3n) is 5.50. The summed E-state index contributed by atoms with van der Waals surface area (Å²) in [6.45, 7) is 7.77. The van der Waals surface area contributed by atoms with Crippen LogP contribution in [0.5, 0.6) is 0 Å². The minimum Gasteiger partial charge on any atom is -0.481 e. The third kappa shape index (κ3) is 4.87. The van der Waals surface area contributed by atoms with Gasteiger partial charge in [0.1, 0.15) is 5.82 Å². The summed E-state index contributed by atoms with van der Waals surface area (Å²) >= 11 is 0. The Hall–Kier alpha value is -2.03. The first-order valence-electron chi connectivity index (χ1n) is 9.41. The van der Waals surface area contributed by atoms with Crippen molar-refractivity contribution >= 4 is 17.6 Å². The molecule has 0 radical (unpaired) electrons. The second kappa shape index (κ2) is 8.55. The molecule has 3 atom stereocenters. The summed E-state index contributed by atoms with van der Waals surface area (Å²) in [7, 11) is 0. The molecule has 1 aliphatic heterocycles. The highest BCUT2D eigenvalue weighted by molar-refractivity contribution is 5.96. The molecule has 1 aromatic rings. The number of carboxylic acid groups (broad SMARTS) is 1. The Balaban J connectivity index is 2.10. The average molecular weight is 395 g/mol. The van der Waals surface area contributed by atoms with Crippen LogP contribution in [0.15, 0.2) is 18.2 Å². The second-order valence-electron chi connectivity index (χ2n) is 8.26. The molecule has 0 spiro atoms. The standard InChI is InChI=1S/C20H30FN3O4/c1-12(19(27)28)8-17(25)15(22)9-23-10-18(26)24(11-20(23,3)4)16-7-5-6-14(21)13(16)2/h5-7,12,15,17,25H,8-11,22H2,1-4H3,(H,27,28)/t12-,15+,17+/m1/s1. The molecule has 8 heteroatoms. The van der Waals surface area contributed by atoms with E-state index in [0.29, 0.717) is 17.8 Å². The molecule has 1 saturated heterocycles. The van der Waals surface area contributed by atoms with E-state index in [1.165, 1.54) is 13.0 Å². The highest BCUT2D eigenvalue weighted by atomic mass is 19.1. The molecule has 0 aliphatic carbocycles. The Morgan fingerprint density at radius 1 is 1.39 bits per heavy atom. The number of hydrogen-bond acceptors (Lipinski definition) is 5. The molecule has 1 amide bonds. The maximum Gasteiger partial charge on any atom is 0.306 e. The van der Waals surface area contributed by atoms with Gasteiger partial charge in [0.15, 0.2) is 0 Å². The van der Waals surface area contributed by atoms with Gasteiger partial charge in [-0.1, -0.05) is 13.0 Å². The SMILES string of the molecule is Cc1c(F)cccc1N1CC(C)(C)N(C[C@H](N)[C@@H](O)C[C@@H](C)C(=O)O)CC1=O. The van der Waals surface area contributed by atoms with E-state index in [1.807, 2.05) is 18.7 Å². The maximum atomic E-state index is 13.9. The molecule has 156 valence electrons. The normalized spacial score (nSPS) is 20.7. The fraction of sp³-hybridized carbons (Fsp3) is 0.600. The quantitative estimate of drug-likeness (QED) is 0.644. The lowest BCUT2D eigenvalue weighted by atomic mass is 9.94. The number of amides is 1. The Labute approximate surface area is 164 Å². The number of aliphatic hydroxyl groups excluding tert-OH is 1. The number of halogens is 1. The van der Waals surface area contributed by atoms with Crippen LogP contribution in [0.25, 0.3) is 0 Å². The number of benzene rings is 1. The van der Waals surface area contributed by atoms with Gasteiger partial charge in [0.05, 0.1) is 18.6 Å². The van der Waals surface area contributed by atoms with Crippen molar-refractivity contribution in [1.29, 1.82) is 0 Å². The molecule has 0 bridgehead atoms. The Bertz CT molecular complexity index is 740. The number of hydrogen-bond donors (Lipinski definition) is 3. The molecule has 4 N–H and O–H groups in total. The monoisotopic (exact) mass is 395 g/mol. The predicted molar refractivity (Wildman–Crippen MR) is 105 cm³/mol. The van der Waals surface area contributed by atoms with Gasteiger partial charge in [-0.25, -0.2) is 4.39 Å². The van der Waals surface area contributed by atoms with Crippen molar-refractivity contribution in [2.75, 3.05) is 24.5 Å². The van der Waals surface area contributed by atoms with E-state index in [9.17, 15) is 19.1 Å². The number of aliphatic hydroxyl groups is 1. The smallest absolute Gasteiger partial charge is 0.306 e. The summed E-state index contributed by atoms with van der Waals surface area (Å²) in [4.78, 5) is 27.2. The van der Waals surface area contributed by atoms with Crippen molar-refractivity contribution in [3.05, 3.63) is 29.6 Å². The van der Waals surface area contributed by atoms with Gasteiger partial charge < -0.3 is 20.8 Å². The number of carbonyl (C=O) groups is 2. The lowest BCUT2D eigenvalue weighted by molar-refractivity contribution is -0.142. The molecule has 28 heavy (non-hydrogen) atoms. The third-order valence-corrected chi connectivity index (χ3v) is 5.50. The van der Waals surface area contributed by atoms with Crippen LogP contribution in [0.2, 0.25) is 0 Å². The molecule has 1 aliphatic rings. The molecule has 0 saturated carbocycles. The summed E-state index contributed by atoms with van der Waals surface area (Å²) in [5.41, 5.74) is 6.62. The lowest BCUT2D eigenvalue weighted by Gasteiger charge is -2.48. The number of rotatable bonds is 7. The zero-order valence-electron chi connectivity index (χ0n) is 16.9. The zero-order chi connectivity index (χ0) is 21.2. The van der Waals surface area contributed by atoms with Gasteiger partial charge in [-0.3, -0.25) is 14.5 Å². The second-order valence-corrected chi connectivity index (χ2v) is 8.26. The molecule has 7 nitrogen and oxygen atoms in total. The van der Waals surface area contributed by atoms with Crippen LogP contribution in [-0.4, -0.2) is 64.3 Å². The number of anilines is 1. The van der Waals surface area contributed by atoms with Gasteiger partial charge in [-0.15, -0.1) is 0 Å². The number of nitrogens with two attached hydrogens (primary N) is 1. The highest BCUT2D eigenvalue weighted by Gasteiger charge is 2.40. The minimum absolute atomic E-state index is 0.0489. The van der Waals surface area contributed by atoms with Crippen LogP contribution in [0, 0.1) is 18.7 Å². The molecule has 0 unspecified atom stereocenters. The van der Waals surface area contributed by atoms with Gasteiger partial charge in [0.25, 0.3) is 0 Å². The molecule has 2 rings (SSSR count). The molecular formula is C20H30FN3O4. The number of carbonyl (C=O) groups excluding carboxylic acids is 1. The largest absolute Gasteiger partial charge is 0.481 e. The van der Waals surface area contributed by atoms with Gasteiger partial charge in [-0.2, -0.15) is 0 Å². The first kappa shape index (κ1) is 22.3. The topological polar surface area (TPSA) is 107 Å². The molecular weight excluding hydrogens is 365 g/mol. The molecule has 1 aromatic carbocycles. The van der Waals surface area contributed by atoms with Gasteiger partial charge in [0.2, 0.25) is 5.91 Å². The van der Waals surface area contributed by atoms with Crippen molar-refractivity contribution in [3.8, 4) is 0 Å². The summed E-state index contributed by atoms with van der Waals surface area (Å²) in [5, 5.41) is 19.2. The summed E-state index contributed by atoms with van der Waals surface area (Å²) in [6, 6.07) is 3.99. The highest BCUT2D eigenvalue weighted by Crippen LogP contribution is 2.30. The van der Waals surface area contributed by atoms with Crippen molar-refractivity contribution in [1.82, 2.24) is 4.90 Å². The van der Waals surface area contributed by atoms with E-state index in [2.05, 4.69) is 0 Å². The van der Waals surface area contributed by atoms with Crippen molar-refractivity contribution in [3.63, 3.8) is 0 Å². The first-order valence-corrected chi connectivity index (χ1v) is 9.41. The van der Waals surface area contributed by atoms with E-state index in [4.69, 9.17) is 10.8 Å².